The lowest BCUT2D eigenvalue weighted by atomic mass is 10.0. The van der Waals surface area contributed by atoms with Crippen LogP contribution in [0.15, 0.2) is 48.5 Å². The van der Waals surface area contributed by atoms with E-state index in [9.17, 15) is 14.9 Å². The van der Waals surface area contributed by atoms with Crippen LogP contribution >= 0.6 is 0 Å². The molecule has 1 atom stereocenters. The summed E-state index contributed by atoms with van der Waals surface area (Å²) in [4.78, 5) is 22.9. The second-order valence-corrected chi connectivity index (χ2v) is 6.91. The Morgan fingerprint density at radius 1 is 1.14 bits per heavy atom. The summed E-state index contributed by atoms with van der Waals surface area (Å²) < 4.78 is 11.2. The van der Waals surface area contributed by atoms with E-state index in [-0.39, 0.29) is 17.6 Å². The zero-order valence-corrected chi connectivity index (χ0v) is 15.2. The monoisotopic (exact) mass is 380 g/mol. The molecular weight excluding hydrogens is 360 g/mol. The van der Waals surface area contributed by atoms with Gasteiger partial charge < -0.3 is 14.8 Å². The summed E-state index contributed by atoms with van der Waals surface area (Å²) in [5, 5.41) is 13.9. The van der Waals surface area contributed by atoms with Gasteiger partial charge in [-0.25, -0.2) is 0 Å². The molecule has 1 unspecified atom stereocenters. The third kappa shape index (κ3) is 4.14. The van der Waals surface area contributed by atoms with Crippen molar-refractivity contribution in [2.75, 3.05) is 13.2 Å². The van der Waals surface area contributed by atoms with Crippen LogP contribution in [0.5, 0.6) is 11.5 Å². The predicted molar refractivity (Wildman–Crippen MR) is 103 cm³/mol. The van der Waals surface area contributed by atoms with Crippen LogP contribution in [0.3, 0.4) is 0 Å². The van der Waals surface area contributed by atoms with E-state index in [0.29, 0.717) is 30.4 Å². The number of nitrogens with one attached hydrogen (secondary N) is 1. The topological polar surface area (TPSA) is 90.7 Å². The standard InChI is InChI=1S/C21H20N2O5/c24-20(9-4-14-2-1-3-17(12-14)23(25)26)22-21(15-5-6-15)16-7-8-18-19(13-16)28-11-10-27-18/h1-4,7-9,12-13,15,21H,5-6,10-11H2,(H,22,24)/b9-4+. The van der Waals surface area contributed by atoms with Crippen molar-refractivity contribution in [2.45, 2.75) is 18.9 Å². The summed E-state index contributed by atoms with van der Waals surface area (Å²) in [5.74, 6) is 1.59. The second kappa shape index (κ2) is 7.72. The summed E-state index contributed by atoms with van der Waals surface area (Å²) >= 11 is 0. The van der Waals surface area contributed by atoms with E-state index < -0.39 is 4.92 Å². The van der Waals surface area contributed by atoms with E-state index in [1.807, 2.05) is 18.2 Å². The minimum Gasteiger partial charge on any atom is -0.486 e. The smallest absolute Gasteiger partial charge is 0.270 e. The molecule has 2 aromatic carbocycles. The van der Waals surface area contributed by atoms with Crippen LogP contribution in [0, 0.1) is 16.0 Å². The number of fused-ring (bicyclic) bond motifs is 1. The molecule has 2 aromatic rings. The number of carbonyl (C=O) groups is 1. The van der Waals surface area contributed by atoms with Crippen LogP contribution in [-0.2, 0) is 4.79 Å². The quantitative estimate of drug-likeness (QED) is 0.469. The number of hydrogen-bond acceptors (Lipinski definition) is 5. The Morgan fingerprint density at radius 2 is 1.93 bits per heavy atom. The van der Waals surface area contributed by atoms with Gasteiger partial charge in [-0.1, -0.05) is 18.2 Å². The highest BCUT2D eigenvalue weighted by molar-refractivity contribution is 5.92. The van der Waals surface area contributed by atoms with Gasteiger partial charge in [0.2, 0.25) is 5.91 Å². The second-order valence-electron chi connectivity index (χ2n) is 6.91. The number of non-ortho nitro benzene ring substituents is 1. The first-order chi connectivity index (χ1) is 13.6. The van der Waals surface area contributed by atoms with Gasteiger partial charge in [0.15, 0.2) is 11.5 Å². The lowest BCUT2D eigenvalue weighted by Crippen LogP contribution is -2.28. The molecule has 1 fully saturated rings. The number of hydrogen-bond donors (Lipinski definition) is 1. The fraction of sp³-hybridized carbons (Fsp3) is 0.286. The molecule has 0 radical (unpaired) electrons. The molecule has 0 spiro atoms. The maximum absolute atomic E-state index is 12.5. The van der Waals surface area contributed by atoms with E-state index in [4.69, 9.17) is 9.47 Å². The molecule has 0 bridgehead atoms. The molecule has 1 aliphatic heterocycles. The molecule has 1 aliphatic carbocycles. The summed E-state index contributed by atoms with van der Waals surface area (Å²) in [6.45, 7) is 1.06. The highest BCUT2D eigenvalue weighted by atomic mass is 16.6. The third-order valence-electron chi connectivity index (χ3n) is 4.82. The van der Waals surface area contributed by atoms with E-state index in [1.54, 1.807) is 18.2 Å². The Hall–Kier alpha value is -3.35. The van der Waals surface area contributed by atoms with Crippen LogP contribution < -0.4 is 14.8 Å². The number of nitro groups is 1. The number of ether oxygens (including phenoxy) is 2. The maximum atomic E-state index is 12.5. The molecule has 2 aliphatic rings. The highest BCUT2D eigenvalue weighted by Gasteiger charge is 2.33. The van der Waals surface area contributed by atoms with Crippen LogP contribution in [0.4, 0.5) is 5.69 Å². The Bertz CT molecular complexity index is 936. The van der Waals surface area contributed by atoms with E-state index >= 15 is 0 Å². The van der Waals surface area contributed by atoms with Crippen molar-refractivity contribution in [2.24, 2.45) is 5.92 Å². The zero-order chi connectivity index (χ0) is 19.5. The van der Waals surface area contributed by atoms with E-state index in [0.717, 1.165) is 24.2 Å². The lowest BCUT2D eigenvalue weighted by molar-refractivity contribution is -0.384. The van der Waals surface area contributed by atoms with Crippen LogP contribution in [0.1, 0.15) is 30.0 Å². The van der Waals surface area contributed by atoms with Crippen molar-refractivity contribution in [1.82, 2.24) is 5.32 Å². The SMILES string of the molecule is O=C(/C=C/c1cccc([N+](=O)[O-])c1)NC(c1ccc2c(c1)OCCO2)C1CC1. The largest absolute Gasteiger partial charge is 0.486 e. The number of carbonyl (C=O) groups excluding carboxylic acids is 1. The molecule has 28 heavy (non-hydrogen) atoms. The molecule has 1 heterocycles. The molecule has 1 N–H and O–H groups in total. The van der Waals surface area contributed by atoms with Crippen molar-refractivity contribution in [3.63, 3.8) is 0 Å². The van der Waals surface area contributed by atoms with Crippen molar-refractivity contribution in [3.8, 4) is 11.5 Å². The van der Waals surface area contributed by atoms with Gasteiger partial charge >= 0.3 is 0 Å². The Labute approximate surface area is 162 Å². The molecule has 1 amide bonds. The Balaban J connectivity index is 1.47. The van der Waals surface area contributed by atoms with Gasteiger partial charge in [0.25, 0.3) is 5.69 Å². The normalized spacial score (nSPS) is 16.6. The van der Waals surface area contributed by atoms with Gasteiger partial charge in [-0.3, -0.25) is 14.9 Å². The number of nitro benzene ring substituents is 1. The number of rotatable bonds is 6. The van der Waals surface area contributed by atoms with Gasteiger partial charge in [0.05, 0.1) is 11.0 Å². The van der Waals surface area contributed by atoms with Crippen molar-refractivity contribution in [3.05, 3.63) is 69.8 Å². The van der Waals surface area contributed by atoms with Crippen LogP contribution in [-0.4, -0.2) is 24.0 Å². The average molecular weight is 380 g/mol. The predicted octanol–water partition coefficient (Wildman–Crippen LogP) is 3.65. The van der Waals surface area contributed by atoms with Gasteiger partial charge in [0, 0.05) is 18.2 Å². The Kier molecular flexibility index (Phi) is 4.97. The summed E-state index contributed by atoms with van der Waals surface area (Å²) in [7, 11) is 0. The molecule has 1 saturated carbocycles. The third-order valence-corrected chi connectivity index (χ3v) is 4.82. The fourth-order valence-electron chi connectivity index (χ4n) is 3.27. The number of amides is 1. The van der Waals surface area contributed by atoms with Gasteiger partial charge in [-0.15, -0.1) is 0 Å². The average Bonchev–Trinajstić information content (AvgIpc) is 3.55. The summed E-state index contributed by atoms with van der Waals surface area (Å²) in [6, 6.07) is 11.8. The van der Waals surface area contributed by atoms with Crippen LogP contribution in [0.25, 0.3) is 6.08 Å². The summed E-state index contributed by atoms with van der Waals surface area (Å²) in [6.07, 6.45) is 5.12. The fourth-order valence-corrected chi connectivity index (χ4v) is 3.27. The van der Waals surface area contributed by atoms with E-state index in [2.05, 4.69) is 5.32 Å². The zero-order valence-electron chi connectivity index (χ0n) is 15.2. The minimum absolute atomic E-state index is 0.00491. The molecule has 7 heteroatoms. The van der Waals surface area contributed by atoms with Crippen LogP contribution in [0.2, 0.25) is 0 Å². The number of benzene rings is 2. The Morgan fingerprint density at radius 3 is 2.68 bits per heavy atom. The maximum Gasteiger partial charge on any atom is 0.270 e. The number of nitrogens with zero attached hydrogens (tertiary/aromatic N) is 1. The molecule has 0 saturated heterocycles. The first-order valence-electron chi connectivity index (χ1n) is 9.23. The van der Waals surface area contributed by atoms with Gasteiger partial charge in [-0.05, 0) is 48.1 Å². The van der Waals surface area contributed by atoms with Gasteiger partial charge in [-0.2, -0.15) is 0 Å². The molecule has 144 valence electrons. The van der Waals surface area contributed by atoms with Gasteiger partial charge in [0.1, 0.15) is 13.2 Å². The molecule has 7 nitrogen and oxygen atoms in total. The first-order valence-corrected chi connectivity index (χ1v) is 9.23. The van der Waals surface area contributed by atoms with E-state index in [1.165, 1.54) is 18.2 Å². The van der Waals surface area contributed by atoms with Crippen molar-refractivity contribution in [1.29, 1.82) is 0 Å². The first kappa shape index (κ1) is 18.0. The summed E-state index contributed by atoms with van der Waals surface area (Å²) in [5.41, 5.74) is 1.59. The highest BCUT2D eigenvalue weighted by Crippen LogP contribution is 2.43. The molecular formula is C21H20N2O5. The molecule has 0 aromatic heterocycles. The minimum atomic E-state index is -0.456. The lowest BCUT2D eigenvalue weighted by Gasteiger charge is -2.22. The van der Waals surface area contributed by atoms with Crippen molar-refractivity contribution < 1.29 is 19.2 Å². The molecule has 4 rings (SSSR count). The van der Waals surface area contributed by atoms with Crippen molar-refractivity contribution >= 4 is 17.7 Å².